The SMILES string of the molecule is CNc1nc(NCC2CCN(C(=N)N)CC2)nc(NC2=Cc3cc(C(=O)O)ccc3C2)n1. The van der Waals surface area contributed by atoms with Crippen LogP contribution in [0.3, 0.4) is 0 Å². The van der Waals surface area contributed by atoms with E-state index in [1.54, 1.807) is 19.2 Å². The van der Waals surface area contributed by atoms with Crippen molar-refractivity contribution in [2.24, 2.45) is 11.7 Å². The molecule has 1 saturated heterocycles. The number of aromatic nitrogens is 3. The molecule has 0 amide bonds. The van der Waals surface area contributed by atoms with Crippen molar-refractivity contribution >= 4 is 35.8 Å². The molecule has 2 aliphatic rings. The maximum atomic E-state index is 11.2. The zero-order valence-electron chi connectivity index (χ0n) is 17.9. The number of nitrogens with zero attached hydrogens (tertiary/aromatic N) is 4. The fraction of sp³-hybridized carbons (Fsp3) is 0.381. The normalized spacial score (nSPS) is 15.7. The molecule has 168 valence electrons. The summed E-state index contributed by atoms with van der Waals surface area (Å²) in [4.78, 5) is 26.4. The number of aromatic carboxylic acids is 1. The number of allylic oxidation sites excluding steroid dienone is 1. The summed E-state index contributed by atoms with van der Waals surface area (Å²) >= 11 is 0. The van der Waals surface area contributed by atoms with Gasteiger partial charge in [0.1, 0.15) is 0 Å². The fourth-order valence-corrected chi connectivity index (χ4v) is 3.93. The minimum absolute atomic E-state index is 0.130. The number of hydrogen-bond acceptors (Lipinski definition) is 8. The summed E-state index contributed by atoms with van der Waals surface area (Å²) in [5.41, 5.74) is 8.65. The summed E-state index contributed by atoms with van der Waals surface area (Å²) in [6.45, 7) is 2.29. The first-order chi connectivity index (χ1) is 15.4. The minimum atomic E-state index is -0.943. The standard InChI is InChI=1S/C21H27N9O2/c1-24-19-27-20(25-11-12-4-6-30(7-5-12)18(22)23)29-21(28-19)26-16-9-13-2-3-14(17(31)32)8-15(13)10-16/h2-3,8,10,12H,4-7,9,11H2,1H3,(H3,22,23)(H,31,32)(H3,24,25,26,27,28,29). The highest BCUT2D eigenvalue weighted by atomic mass is 16.4. The van der Waals surface area contributed by atoms with Crippen LogP contribution in [0.5, 0.6) is 0 Å². The van der Waals surface area contributed by atoms with E-state index in [0.717, 1.165) is 49.3 Å². The van der Waals surface area contributed by atoms with Gasteiger partial charge in [-0.05, 0) is 48.1 Å². The van der Waals surface area contributed by atoms with Crippen LogP contribution in [0.15, 0.2) is 23.9 Å². The lowest BCUT2D eigenvalue weighted by Gasteiger charge is -2.32. The van der Waals surface area contributed by atoms with Crippen LogP contribution in [0.1, 0.15) is 34.3 Å². The summed E-state index contributed by atoms with van der Waals surface area (Å²) in [6, 6.07) is 5.12. The van der Waals surface area contributed by atoms with Crippen molar-refractivity contribution in [3.05, 3.63) is 40.6 Å². The molecule has 0 spiro atoms. The lowest BCUT2D eigenvalue weighted by molar-refractivity contribution is 0.0697. The van der Waals surface area contributed by atoms with Crippen LogP contribution in [0.2, 0.25) is 0 Å². The minimum Gasteiger partial charge on any atom is -0.478 e. The number of carboxylic acid groups (broad SMARTS) is 1. The Kier molecular flexibility index (Phi) is 6.06. The third-order valence-electron chi connectivity index (χ3n) is 5.74. The molecule has 1 aromatic carbocycles. The Hall–Kier alpha value is -3.89. The second kappa shape index (κ2) is 9.08. The zero-order chi connectivity index (χ0) is 22.7. The van der Waals surface area contributed by atoms with Crippen molar-refractivity contribution in [2.75, 3.05) is 42.6 Å². The number of carboxylic acids is 1. The number of fused-ring (bicyclic) bond motifs is 1. The number of anilines is 3. The Morgan fingerprint density at radius 2 is 1.94 bits per heavy atom. The molecule has 1 fully saturated rings. The molecular weight excluding hydrogens is 410 g/mol. The number of rotatable bonds is 7. The molecular formula is C21H27N9O2. The number of hydrogen-bond donors (Lipinski definition) is 6. The molecule has 1 aliphatic carbocycles. The fourth-order valence-electron chi connectivity index (χ4n) is 3.93. The number of nitrogens with one attached hydrogen (secondary N) is 4. The molecule has 0 unspecified atom stereocenters. The van der Waals surface area contributed by atoms with Crippen LogP contribution in [0.25, 0.3) is 6.08 Å². The molecule has 2 aromatic rings. The molecule has 0 atom stereocenters. The third kappa shape index (κ3) is 4.88. The summed E-state index contributed by atoms with van der Waals surface area (Å²) in [5, 5.41) is 26.2. The number of carbonyl (C=O) groups is 1. The summed E-state index contributed by atoms with van der Waals surface area (Å²) in [6.07, 6.45) is 4.46. The van der Waals surface area contributed by atoms with Gasteiger partial charge in [-0.3, -0.25) is 5.41 Å². The molecule has 4 rings (SSSR count). The average Bonchev–Trinajstić information content (AvgIpc) is 3.19. The van der Waals surface area contributed by atoms with Gasteiger partial charge < -0.3 is 31.7 Å². The molecule has 11 nitrogen and oxygen atoms in total. The second-order valence-corrected chi connectivity index (χ2v) is 7.94. The lowest BCUT2D eigenvalue weighted by atomic mass is 9.97. The van der Waals surface area contributed by atoms with E-state index in [1.165, 1.54) is 0 Å². The molecule has 0 bridgehead atoms. The average molecular weight is 438 g/mol. The quantitative estimate of drug-likeness (QED) is 0.277. The van der Waals surface area contributed by atoms with Crippen LogP contribution in [0.4, 0.5) is 17.8 Å². The van der Waals surface area contributed by atoms with Crippen molar-refractivity contribution < 1.29 is 9.90 Å². The molecule has 7 N–H and O–H groups in total. The zero-order valence-corrected chi connectivity index (χ0v) is 17.9. The van der Waals surface area contributed by atoms with Gasteiger partial charge in [-0.25, -0.2) is 4.79 Å². The van der Waals surface area contributed by atoms with Crippen molar-refractivity contribution in [2.45, 2.75) is 19.3 Å². The predicted octanol–water partition coefficient (Wildman–Crippen LogP) is 1.64. The highest BCUT2D eigenvalue weighted by Gasteiger charge is 2.21. The van der Waals surface area contributed by atoms with Crippen molar-refractivity contribution in [1.82, 2.24) is 19.9 Å². The third-order valence-corrected chi connectivity index (χ3v) is 5.74. The molecule has 0 radical (unpaired) electrons. The van der Waals surface area contributed by atoms with Gasteiger partial charge in [0, 0.05) is 38.8 Å². The molecule has 1 aromatic heterocycles. The summed E-state index contributed by atoms with van der Waals surface area (Å²) < 4.78 is 0. The molecule has 1 aliphatic heterocycles. The molecule has 0 saturated carbocycles. The summed E-state index contributed by atoms with van der Waals surface area (Å²) in [7, 11) is 1.75. The van der Waals surface area contributed by atoms with Gasteiger partial charge in [-0.2, -0.15) is 15.0 Å². The first kappa shape index (κ1) is 21.3. The van der Waals surface area contributed by atoms with Gasteiger partial charge in [0.25, 0.3) is 0 Å². The maximum absolute atomic E-state index is 11.2. The lowest BCUT2D eigenvalue weighted by Crippen LogP contribution is -2.43. The number of likely N-dealkylation sites (tertiary alicyclic amines) is 1. The molecule has 32 heavy (non-hydrogen) atoms. The van der Waals surface area contributed by atoms with E-state index in [1.807, 2.05) is 17.0 Å². The van der Waals surface area contributed by atoms with E-state index in [9.17, 15) is 9.90 Å². The largest absolute Gasteiger partial charge is 0.478 e. The number of benzene rings is 1. The Balaban J connectivity index is 1.41. The van der Waals surface area contributed by atoms with E-state index >= 15 is 0 Å². The van der Waals surface area contributed by atoms with Crippen molar-refractivity contribution in [1.29, 1.82) is 5.41 Å². The Labute approximate surface area is 185 Å². The molecule has 2 heterocycles. The van der Waals surface area contributed by atoms with Crippen LogP contribution in [0, 0.1) is 11.3 Å². The number of guanidine groups is 1. The second-order valence-electron chi connectivity index (χ2n) is 7.94. The van der Waals surface area contributed by atoms with Gasteiger partial charge in [-0.15, -0.1) is 0 Å². The van der Waals surface area contributed by atoms with E-state index in [-0.39, 0.29) is 11.5 Å². The van der Waals surface area contributed by atoms with Gasteiger partial charge in [-0.1, -0.05) is 6.07 Å². The first-order valence-corrected chi connectivity index (χ1v) is 10.5. The van der Waals surface area contributed by atoms with E-state index in [2.05, 4.69) is 30.9 Å². The highest BCUT2D eigenvalue weighted by molar-refractivity contribution is 5.89. The highest BCUT2D eigenvalue weighted by Crippen LogP contribution is 2.27. The Morgan fingerprint density at radius 1 is 1.22 bits per heavy atom. The summed E-state index contributed by atoms with van der Waals surface area (Å²) in [5.74, 6) is 0.973. The Bertz CT molecular complexity index is 1060. The Morgan fingerprint density at radius 3 is 2.62 bits per heavy atom. The van der Waals surface area contributed by atoms with Crippen LogP contribution >= 0.6 is 0 Å². The first-order valence-electron chi connectivity index (χ1n) is 10.5. The van der Waals surface area contributed by atoms with Gasteiger partial charge in [0.15, 0.2) is 5.96 Å². The number of nitrogens with two attached hydrogens (primary N) is 1. The van der Waals surface area contributed by atoms with Crippen LogP contribution in [-0.2, 0) is 6.42 Å². The molecule has 11 heteroatoms. The maximum Gasteiger partial charge on any atom is 0.335 e. The van der Waals surface area contributed by atoms with E-state index in [4.69, 9.17) is 11.1 Å². The van der Waals surface area contributed by atoms with Gasteiger partial charge >= 0.3 is 5.97 Å². The topological polar surface area (TPSA) is 165 Å². The van der Waals surface area contributed by atoms with Crippen molar-refractivity contribution in [3.63, 3.8) is 0 Å². The predicted molar refractivity (Wildman–Crippen MR) is 123 cm³/mol. The van der Waals surface area contributed by atoms with Gasteiger partial charge in [0.2, 0.25) is 17.8 Å². The van der Waals surface area contributed by atoms with E-state index in [0.29, 0.717) is 30.2 Å². The van der Waals surface area contributed by atoms with Gasteiger partial charge in [0.05, 0.1) is 5.56 Å². The number of piperidine rings is 1. The van der Waals surface area contributed by atoms with E-state index < -0.39 is 5.97 Å². The van der Waals surface area contributed by atoms with Crippen molar-refractivity contribution in [3.8, 4) is 0 Å². The van der Waals surface area contributed by atoms with Crippen LogP contribution in [-0.4, -0.2) is 63.6 Å². The smallest absolute Gasteiger partial charge is 0.335 e. The monoisotopic (exact) mass is 437 g/mol. The van der Waals surface area contributed by atoms with Crippen LogP contribution < -0.4 is 21.7 Å².